The Hall–Kier alpha value is -2.08. The van der Waals surface area contributed by atoms with Crippen LogP contribution in [0.1, 0.15) is 62.2 Å². The number of nitrogens with one attached hydrogen (secondary N) is 2. The van der Waals surface area contributed by atoms with Crippen molar-refractivity contribution in [2.45, 2.75) is 57.9 Å². The molecule has 1 unspecified atom stereocenters. The summed E-state index contributed by atoms with van der Waals surface area (Å²) in [6.45, 7) is 2.15. The van der Waals surface area contributed by atoms with Crippen LogP contribution in [0.15, 0.2) is 24.3 Å². The summed E-state index contributed by atoms with van der Waals surface area (Å²) in [6.07, 6.45) is 6.88. The van der Waals surface area contributed by atoms with Gasteiger partial charge in [0.15, 0.2) is 0 Å². The lowest BCUT2D eigenvalue weighted by molar-refractivity contribution is -0.139. The molecular formula is C17H26N2O4. The Balaban J connectivity index is 2.37. The Labute approximate surface area is 136 Å². The molecule has 6 heteroatoms. The molecule has 1 aromatic carbocycles. The number of phenols is 1. The van der Waals surface area contributed by atoms with Crippen LogP contribution >= 0.6 is 0 Å². The number of carbonyl (C=O) groups is 2. The van der Waals surface area contributed by atoms with Crippen molar-refractivity contribution in [2.75, 3.05) is 0 Å². The number of unbranched alkanes of at least 4 members (excludes halogenated alkanes) is 5. The Morgan fingerprint density at radius 1 is 1.09 bits per heavy atom. The quantitative estimate of drug-likeness (QED) is 0.371. The van der Waals surface area contributed by atoms with Gasteiger partial charge in [-0.3, -0.25) is 15.0 Å². The molecule has 6 nitrogen and oxygen atoms in total. The van der Waals surface area contributed by atoms with Gasteiger partial charge in [-0.2, -0.15) is 0 Å². The number of carboxylic acid groups (broad SMARTS) is 1. The Bertz CT molecular complexity index is 505. The van der Waals surface area contributed by atoms with Gasteiger partial charge in [-0.25, -0.2) is 5.43 Å². The maximum absolute atomic E-state index is 11.9. The van der Waals surface area contributed by atoms with E-state index in [4.69, 9.17) is 0 Å². The number of rotatable bonds is 11. The Morgan fingerprint density at radius 3 is 2.39 bits per heavy atom. The molecule has 0 saturated carbocycles. The number of benzene rings is 1. The van der Waals surface area contributed by atoms with Crippen LogP contribution in [0, 0.1) is 0 Å². The summed E-state index contributed by atoms with van der Waals surface area (Å²) in [7, 11) is 0. The number of carbonyl (C=O) groups excluding carboxylic acids is 1. The smallest absolute Gasteiger partial charge is 0.322 e. The third-order valence-corrected chi connectivity index (χ3v) is 3.65. The average molecular weight is 322 g/mol. The van der Waals surface area contributed by atoms with E-state index in [1.54, 1.807) is 12.1 Å². The molecule has 0 saturated heterocycles. The fraction of sp³-hybridized carbons (Fsp3) is 0.529. The van der Waals surface area contributed by atoms with Crippen LogP contribution in [0.25, 0.3) is 0 Å². The second-order valence-corrected chi connectivity index (χ2v) is 5.56. The maximum atomic E-state index is 11.9. The van der Waals surface area contributed by atoms with E-state index in [-0.39, 0.29) is 11.3 Å². The van der Waals surface area contributed by atoms with Gasteiger partial charge in [-0.15, -0.1) is 0 Å². The Morgan fingerprint density at radius 2 is 1.74 bits per heavy atom. The fourth-order valence-electron chi connectivity index (χ4n) is 2.27. The number of aromatic hydroxyl groups is 1. The highest BCUT2D eigenvalue weighted by atomic mass is 16.4. The molecule has 128 valence electrons. The van der Waals surface area contributed by atoms with Crippen molar-refractivity contribution in [3.63, 3.8) is 0 Å². The largest absolute Gasteiger partial charge is 0.507 e. The summed E-state index contributed by atoms with van der Waals surface area (Å²) >= 11 is 0. The van der Waals surface area contributed by atoms with Crippen LogP contribution in [-0.4, -0.2) is 28.1 Å². The average Bonchev–Trinajstić information content (AvgIpc) is 2.53. The number of para-hydroxylation sites is 1. The van der Waals surface area contributed by atoms with Crippen LogP contribution < -0.4 is 10.9 Å². The van der Waals surface area contributed by atoms with Gasteiger partial charge in [-0.1, -0.05) is 57.6 Å². The second-order valence-electron chi connectivity index (χ2n) is 5.56. The lowest BCUT2D eigenvalue weighted by atomic mass is 10.1. The first-order valence-corrected chi connectivity index (χ1v) is 8.13. The van der Waals surface area contributed by atoms with Crippen LogP contribution in [0.5, 0.6) is 5.75 Å². The van der Waals surface area contributed by atoms with Gasteiger partial charge in [0, 0.05) is 0 Å². The topological polar surface area (TPSA) is 98.7 Å². The highest BCUT2D eigenvalue weighted by Crippen LogP contribution is 2.15. The normalized spacial score (nSPS) is 11.9. The molecule has 23 heavy (non-hydrogen) atoms. The molecule has 0 aliphatic carbocycles. The highest BCUT2D eigenvalue weighted by Gasteiger charge is 2.18. The van der Waals surface area contributed by atoms with Gasteiger partial charge in [0.05, 0.1) is 5.56 Å². The fourth-order valence-corrected chi connectivity index (χ4v) is 2.27. The Kier molecular flexibility index (Phi) is 8.75. The molecule has 1 aromatic rings. The van der Waals surface area contributed by atoms with Crippen LogP contribution in [0.4, 0.5) is 0 Å². The van der Waals surface area contributed by atoms with Crippen LogP contribution in [0.2, 0.25) is 0 Å². The summed E-state index contributed by atoms with van der Waals surface area (Å²) in [5.74, 6) is -1.71. The SMILES string of the molecule is CCCCCCCCC(NNC(=O)c1ccccc1O)C(=O)O. The molecule has 0 aromatic heterocycles. The molecular weight excluding hydrogens is 296 g/mol. The van der Waals surface area contributed by atoms with Gasteiger partial charge < -0.3 is 10.2 Å². The number of phenolic OH excluding ortho intramolecular Hbond substituents is 1. The van der Waals surface area contributed by atoms with Crippen molar-refractivity contribution in [3.8, 4) is 5.75 Å². The standard InChI is InChI=1S/C17H26N2O4/c1-2-3-4-5-6-7-11-14(17(22)23)18-19-16(21)13-10-8-9-12-15(13)20/h8-10,12,14,18,20H,2-7,11H2,1H3,(H,19,21)(H,22,23). The maximum Gasteiger partial charge on any atom is 0.322 e. The summed E-state index contributed by atoms with van der Waals surface area (Å²) in [6, 6.07) is 5.27. The van der Waals surface area contributed by atoms with Gasteiger partial charge in [0.1, 0.15) is 11.8 Å². The monoisotopic (exact) mass is 322 g/mol. The summed E-state index contributed by atoms with van der Waals surface area (Å²) < 4.78 is 0. The molecule has 0 fully saturated rings. The first-order valence-electron chi connectivity index (χ1n) is 8.13. The third-order valence-electron chi connectivity index (χ3n) is 3.65. The summed E-state index contributed by atoms with van der Waals surface area (Å²) in [4.78, 5) is 23.1. The molecule has 4 N–H and O–H groups in total. The van der Waals surface area contributed by atoms with Crippen molar-refractivity contribution in [1.82, 2.24) is 10.9 Å². The van der Waals surface area contributed by atoms with E-state index in [0.717, 1.165) is 19.3 Å². The van der Waals surface area contributed by atoms with Gasteiger partial charge in [-0.05, 0) is 18.6 Å². The molecule has 0 bridgehead atoms. The minimum absolute atomic E-state index is 0.101. The van der Waals surface area contributed by atoms with Gasteiger partial charge in [0.25, 0.3) is 5.91 Å². The van der Waals surface area contributed by atoms with Gasteiger partial charge >= 0.3 is 5.97 Å². The summed E-state index contributed by atoms with van der Waals surface area (Å²) in [5.41, 5.74) is 4.99. The highest BCUT2D eigenvalue weighted by molar-refractivity contribution is 5.96. The van der Waals surface area contributed by atoms with Crippen LogP contribution in [-0.2, 0) is 4.79 Å². The van der Waals surface area contributed by atoms with Gasteiger partial charge in [0.2, 0.25) is 0 Å². The van der Waals surface area contributed by atoms with Crippen molar-refractivity contribution in [3.05, 3.63) is 29.8 Å². The van der Waals surface area contributed by atoms with E-state index in [9.17, 15) is 19.8 Å². The zero-order valence-corrected chi connectivity index (χ0v) is 13.5. The number of hydrogen-bond donors (Lipinski definition) is 4. The molecule has 0 spiro atoms. The van der Waals surface area contributed by atoms with E-state index in [0.29, 0.717) is 6.42 Å². The molecule has 0 aliphatic heterocycles. The molecule has 1 amide bonds. The van der Waals surface area contributed by atoms with Crippen LogP contribution in [0.3, 0.4) is 0 Å². The second kappa shape index (κ2) is 10.6. The van der Waals surface area contributed by atoms with Crippen molar-refractivity contribution in [2.24, 2.45) is 0 Å². The van der Waals surface area contributed by atoms with E-state index in [1.165, 1.54) is 31.4 Å². The minimum atomic E-state index is -1.00. The summed E-state index contributed by atoms with van der Waals surface area (Å²) in [5, 5.41) is 18.8. The molecule has 1 rings (SSSR count). The van der Waals surface area contributed by atoms with Crippen molar-refractivity contribution in [1.29, 1.82) is 0 Å². The molecule has 0 aliphatic rings. The van der Waals surface area contributed by atoms with Crippen molar-refractivity contribution < 1.29 is 19.8 Å². The zero-order valence-electron chi connectivity index (χ0n) is 13.5. The number of hydrazine groups is 1. The van der Waals surface area contributed by atoms with E-state index in [1.807, 2.05) is 0 Å². The van der Waals surface area contributed by atoms with E-state index >= 15 is 0 Å². The van der Waals surface area contributed by atoms with Crippen molar-refractivity contribution >= 4 is 11.9 Å². The number of aliphatic carboxylic acids is 1. The minimum Gasteiger partial charge on any atom is -0.507 e. The lowest BCUT2D eigenvalue weighted by Crippen LogP contribution is -2.48. The zero-order chi connectivity index (χ0) is 17.1. The lowest BCUT2D eigenvalue weighted by Gasteiger charge is -2.15. The predicted octanol–water partition coefficient (Wildman–Crippen LogP) is 2.83. The molecule has 0 radical (unpaired) electrons. The number of hydrogen-bond acceptors (Lipinski definition) is 4. The predicted molar refractivity (Wildman–Crippen MR) is 88.1 cm³/mol. The number of amides is 1. The number of carboxylic acids is 1. The third kappa shape index (κ3) is 7.15. The molecule has 1 atom stereocenters. The first-order chi connectivity index (χ1) is 11.1. The van der Waals surface area contributed by atoms with E-state index in [2.05, 4.69) is 17.8 Å². The first kappa shape index (κ1) is 19.0. The van der Waals surface area contributed by atoms with E-state index < -0.39 is 17.9 Å². The molecule has 0 heterocycles.